The first-order valence-electron chi connectivity index (χ1n) is 10.4. The Morgan fingerprint density at radius 2 is 1.76 bits per heavy atom. The van der Waals surface area contributed by atoms with Crippen molar-refractivity contribution in [2.45, 2.75) is 20.3 Å². The maximum atomic E-state index is 12.4. The van der Waals surface area contributed by atoms with Crippen LogP contribution >= 0.6 is 0 Å². The summed E-state index contributed by atoms with van der Waals surface area (Å²) >= 11 is 0. The summed E-state index contributed by atoms with van der Waals surface area (Å²) in [6, 6.07) is 12.6. The Morgan fingerprint density at radius 3 is 2.52 bits per heavy atom. The van der Waals surface area contributed by atoms with E-state index < -0.39 is 17.4 Å². The number of nitrogens with one attached hydrogen (secondary N) is 2. The zero-order valence-corrected chi connectivity index (χ0v) is 18.7. The third kappa shape index (κ3) is 6.73. The van der Waals surface area contributed by atoms with Gasteiger partial charge in [-0.05, 0) is 48.7 Å². The van der Waals surface area contributed by atoms with Gasteiger partial charge in [-0.2, -0.15) is 0 Å². The van der Waals surface area contributed by atoms with Gasteiger partial charge in [-0.3, -0.25) is 20.4 Å². The number of hydrogen-bond acceptors (Lipinski definition) is 7. The largest absolute Gasteiger partial charge is 0.493 e. The molecular formula is C24H26N2O7. The summed E-state index contributed by atoms with van der Waals surface area (Å²) in [7, 11) is 1.49. The first-order valence-corrected chi connectivity index (χ1v) is 10.4. The van der Waals surface area contributed by atoms with Crippen LogP contribution < -0.4 is 30.7 Å². The summed E-state index contributed by atoms with van der Waals surface area (Å²) in [5, 5.41) is 0.727. The summed E-state index contributed by atoms with van der Waals surface area (Å²) in [5.74, 6) is 0.718. The number of hydrogen-bond donors (Lipinski definition) is 2. The monoisotopic (exact) mass is 454 g/mol. The highest BCUT2D eigenvalue weighted by Gasteiger charge is 2.13. The van der Waals surface area contributed by atoms with E-state index in [2.05, 4.69) is 24.7 Å². The number of carbonyl (C=O) groups excluding carboxylic acids is 2. The zero-order chi connectivity index (χ0) is 23.8. The number of benzene rings is 2. The highest BCUT2D eigenvalue weighted by atomic mass is 16.5. The van der Waals surface area contributed by atoms with Crippen molar-refractivity contribution in [3.63, 3.8) is 0 Å². The first kappa shape index (κ1) is 23.6. The van der Waals surface area contributed by atoms with Crippen LogP contribution in [-0.4, -0.2) is 32.1 Å². The number of carbonyl (C=O) groups is 2. The number of amides is 2. The predicted molar refractivity (Wildman–Crippen MR) is 122 cm³/mol. The Labute approximate surface area is 190 Å². The van der Waals surface area contributed by atoms with E-state index in [-0.39, 0.29) is 12.2 Å². The molecule has 0 spiro atoms. The van der Waals surface area contributed by atoms with Crippen molar-refractivity contribution in [3.05, 3.63) is 64.5 Å². The quantitative estimate of drug-likeness (QED) is 0.377. The van der Waals surface area contributed by atoms with Crippen LogP contribution in [0.3, 0.4) is 0 Å². The molecule has 2 aromatic carbocycles. The minimum absolute atomic E-state index is 0.286. The zero-order valence-electron chi connectivity index (χ0n) is 18.7. The molecule has 9 heteroatoms. The summed E-state index contributed by atoms with van der Waals surface area (Å²) in [5.41, 5.74) is 4.77. The van der Waals surface area contributed by atoms with E-state index in [0.717, 1.165) is 11.8 Å². The van der Waals surface area contributed by atoms with Crippen LogP contribution in [0.1, 0.15) is 30.6 Å². The molecule has 174 valence electrons. The molecule has 0 unspecified atom stereocenters. The minimum Gasteiger partial charge on any atom is -0.493 e. The third-order valence-electron chi connectivity index (χ3n) is 4.66. The Morgan fingerprint density at radius 1 is 0.970 bits per heavy atom. The molecule has 0 aliphatic rings. The first-order chi connectivity index (χ1) is 15.9. The van der Waals surface area contributed by atoms with E-state index in [0.29, 0.717) is 35.4 Å². The minimum atomic E-state index is -0.571. The topological polar surface area (TPSA) is 116 Å². The van der Waals surface area contributed by atoms with E-state index in [1.807, 2.05) is 0 Å². The van der Waals surface area contributed by atoms with Crippen LogP contribution in [0.4, 0.5) is 0 Å². The number of fused-ring (bicyclic) bond motifs is 1. The fraction of sp³-hybridized carbons (Fsp3) is 0.292. The molecular weight excluding hydrogens is 428 g/mol. The van der Waals surface area contributed by atoms with E-state index in [1.54, 1.807) is 30.3 Å². The summed E-state index contributed by atoms with van der Waals surface area (Å²) in [6.07, 6.45) is 0.896. The summed E-state index contributed by atoms with van der Waals surface area (Å²) in [6.45, 7) is 4.40. The van der Waals surface area contributed by atoms with Crippen LogP contribution in [0, 0.1) is 5.92 Å². The molecule has 1 heterocycles. The maximum absolute atomic E-state index is 12.4. The molecule has 2 N–H and O–H groups in total. The number of ether oxygens (including phenoxy) is 3. The van der Waals surface area contributed by atoms with Gasteiger partial charge in [0.1, 0.15) is 11.3 Å². The third-order valence-corrected chi connectivity index (χ3v) is 4.66. The van der Waals surface area contributed by atoms with Gasteiger partial charge in [-0.25, -0.2) is 4.79 Å². The highest BCUT2D eigenvalue weighted by Crippen LogP contribution is 2.28. The van der Waals surface area contributed by atoms with Crippen molar-refractivity contribution < 1.29 is 28.2 Å². The van der Waals surface area contributed by atoms with Gasteiger partial charge in [0.05, 0.1) is 13.7 Å². The molecule has 0 saturated heterocycles. The SMILES string of the molecule is COc1cc(C(=O)NNC(=O)COc2ccc3ccc(=O)oc3c2)ccc1OCCC(C)C. The predicted octanol–water partition coefficient (Wildman–Crippen LogP) is 3.07. The van der Waals surface area contributed by atoms with Gasteiger partial charge >= 0.3 is 5.63 Å². The maximum Gasteiger partial charge on any atom is 0.336 e. The smallest absolute Gasteiger partial charge is 0.336 e. The second kappa shape index (κ2) is 11.0. The second-order valence-corrected chi connectivity index (χ2v) is 7.64. The number of hydrazine groups is 1. The van der Waals surface area contributed by atoms with Crippen molar-refractivity contribution >= 4 is 22.8 Å². The van der Waals surface area contributed by atoms with Crippen LogP contribution in [-0.2, 0) is 4.79 Å². The molecule has 2 amide bonds. The molecule has 1 aromatic heterocycles. The average molecular weight is 454 g/mol. The highest BCUT2D eigenvalue weighted by molar-refractivity contribution is 5.96. The lowest BCUT2D eigenvalue weighted by Crippen LogP contribution is -2.43. The Kier molecular flexibility index (Phi) is 7.91. The van der Waals surface area contributed by atoms with Gasteiger partial charge in [0.25, 0.3) is 11.8 Å². The van der Waals surface area contributed by atoms with Gasteiger partial charge < -0.3 is 18.6 Å². The molecule has 9 nitrogen and oxygen atoms in total. The Balaban J connectivity index is 1.51. The van der Waals surface area contributed by atoms with Crippen molar-refractivity contribution in [1.29, 1.82) is 0 Å². The van der Waals surface area contributed by atoms with E-state index in [1.165, 1.54) is 25.3 Å². The number of rotatable bonds is 9. The normalized spacial score (nSPS) is 10.7. The molecule has 0 fully saturated rings. The second-order valence-electron chi connectivity index (χ2n) is 7.64. The standard InChI is InChI=1S/C24H26N2O7/c1-15(2)10-11-31-19-8-5-17(12-21(19)30-3)24(29)26-25-22(27)14-32-18-7-4-16-6-9-23(28)33-20(16)13-18/h4-9,12-13,15H,10-11,14H2,1-3H3,(H,25,27)(H,26,29). The summed E-state index contributed by atoms with van der Waals surface area (Å²) in [4.78, 5) is 35.8. The van der Waals surface area contributed by atoms with Gasteiger partial charge in [-0.1, -0.05) is 13.8 Å². The molecule has 3 aromatic rings. The average Bonchev–Trinajstić information content (AvgIpc) is 2.80. The molecule has 0 radical (unpaired) electrons. The lowest BCUT2D eigenvalue weighted by atomic mass is 10.1. The van der Waals surface area contributed by atoms with Crippen molar-refractivity contribution in [1.82, 2.24) is 10.9 Å². The van der Waals surface area contributed by atoms with Crippen LogP contribution in [0.5, 0.6) is 17.2 Å². The Hall–Kier alpha value is -4.01. The van der Waals surface area contributed by atoms with Crippen molar-refractivity contribution in [2.75, 3.05) is 20.3 Å². The number of methoxy groups -OCH3 is 1. The fourth-order valence-electron chi connectivity index (χ4n) is 2.85. The molecule has 3 rings (SSSR count). The van der Waals surface area contributed by atoms with Crippen LogP contribution in [0.15, 0.2) is 57.7 Å². The van der Waals surface area contributed by atoms with Crippen molar-refractivity contribution in [2.24, 2.45) is 5.92 Å². The molecule has 0 saturated carbocycles. The van der Waals surface area contributed by atoms with Gasteiger partial charge in [0.15, 0.2) is 18.1 Å². The Bertz CT molecular complexity index is 1190. The molecule has 33 heavy (non-hydrogen) atoms. The van der Waals surface area contributed by atoms with Gasteiger partial charge in [0, 0.05) is 23.1 Å². The van der Waals surface area contributed by atoms with E-state index in [9.17, 15) is 14.4 Å². The van der Waals surface area contributed by atoms with E-state index in [4.69, 9.17) is 18.6 Å². The summed E-state index contributed by atoms with van der Waals surface area (Å²) < 4.78 is 21.5. The van der Waals surface area contributed by atoms with E-state index >= 15 is 0 Å². The van der Waals surface area contributed by atoms with Crippen molar-refractivity contribution in [3.8, 4) is 17.2 Å². The molecule has 0 bridgehead atoms. The van der Waals surface area contributed by atoms with Gasteiger partial charge in [0.2, 0.25) is 0 Å². The fourth-order valence-corrected chi connectivity index (χ4v) is 2.85. The lowest BCUT2D eigenvalue weighted by Gasteiger charge is -2.13. The molecule has 0 aliphatic heterocycles. The van der Waals surface area contributed by atoms with Gasteiger partial charge in [-0.15, -0.1) is 0 Å². The van der Waals surface area contributed by atoms with Crippen LogP contribution in [0.2, 0.25) is 0 Å². The molecule has 0 aliphatic carbocycles. The lowest BCUT2D eigenvalue weighted by molar-refractivity contribution is -0.123. The molecule has 0 atom stereocenters. The van der Waals surface area contributed by atoms with Crippen LogP contribution in [0.25, 0.3) is 11.0 Å².